The van der Waals surface area contributed by atoms with Crippen molar-refractivity contribution in [2.24, 2.45) is 5.73 Å². The highest BCUT2D eigenvalue weighted by Crippen LogP contribution is 2.33. The van der Waals surface area contributed by atoms with Gasteiger partial charge in [0.15, 0.2) is 5.76 Å². The minimum atomic E-state index is -0.612. The first-order valence-electron chi connectivity index (χ1n) is 8.14. The molecule has 4 rings (SSSR count). The minimum absolute atomic E-state index is 0.112. The highest BCUT2D eigenvalue weighted by Gasteiger charge is 2.14. The number of halogens is 1. The molecular formula is C21H13ClN2O3. The Bertz CT molecular complexity index is 1200. The fourth-order valence-electron chi connectivity index (χ4n) is 2.96. The molecule has 0 radical (unpaired) electrons. The molecule has 27 heavy (non-hydrogen) atoms. The Morgan fingerprint density at radius 2 is 1.85 bits per heavy atom. The third kappa shape index (κ3) is 3.31. The first kappa shape index (κ1) is 17.0. The number of hydrogen-bond donors (Lipinski definition) is 1. The molecule has 0 saturated heterocycles. The molecule has 0 aliphatic rings. The number of primary amides is 1. The Kier molecular flexibility index (Phi) is 4.19. The van der Waals surface area contributed by atoms with Gasteiger partial charge in [-0.1, -0.05) is 11.6 Å². The number of benzene rings is 2. The molecule has 2 aromatic carbocycles. The van der Waals surface area contributed by atoms with Gasteiger partial charge in [0.25, 0.3) is 5.91 Å². The third-order valence-electron chi connectivity index (χ3n) is 4.23. The normalized spacial score (nSPS) is 10.8. The lowest BCUT2D eigenvalue weighted by Gasteiger charge is -2.02. The Morgan fingerprint density at radius 1 is 1.07 bits per heavy atom. The van der Waals surface area contributed by atoms with Gasteiger partial charge in [-0.05, 0) is 54.6 Å². The molecule has 132 valence electrons. The van der Waals surface area contributed by atoms with Crippen LogP contribution in [0.1, 0.15) is 27.4 Å². The maximum Gasteiger partial charge on any atom is 0.284 e. The number of nitrogens with zero attached hydrogens (tertiary/aromatic N) is 1. The van der Waals surface area contributed by atoms with Crippen molar-refractivity contribution in [1.82, 2.24) is 0 Å². The summed E-state index contributed by atoms with van der Waals surface area (Å²) in [6.45, 7) is 0. The fraction of sp³-hybridized carbons (Fsp3) is 0.0476. The van der Waals surface area contributed by atoms with E-state index >= 15 is 0 Å². The van der Waals surface area contributed by atoms with Gasteiger partial charge in [-0.25, -0.2) is 0 Å². The van der Waals surface area contributed by atoms with E-state index in [-0.39, 0.29) is 5.76 Å². The largest absolute Gasteiger partial charge is 0.456 e. The van der Waals surface area contributed by atoms with Crippen LogP contribution in [0.2, 0.25) is 5.02 Å². The van der Waals surface area contributed by atoms with Gasteiger partial charge in [-0.15, -0.1) is 0 Å². The number of carbonyl (C=O) groups is 1. The van der Waals surface area contributed by atoms with Crippen LogP contribution in [0.15, 0.2) is 63.4 Å². The van der Waals surface area contributed by atoms with Crippen molar-refractivity contribution >= 4 is 28.5 Å². The highest BCUT2D eigenvalue weighted by atomic mass is 35.5. The van der Waals surface area contributed by atoms with Gasteiger partial charge >= 0.3 is 0 Å². The van der Waals surface area contributed by atoms with Gasteiger partial charge in [0, 0.05) is 28.0 Å². The average Bonchev–Trinajstić information content (AvgIpc) is 3.29. The van der Waals surface area contributed by atoms with Crippen LogP contribution < -0.4 is 5.73 Å². The number of hydrogen-bond acceptors (Lipinski definition) is 4. The number of furan rings is 2. The summed E-state index contributed by atoms with van der Waals surface area (Å²) in [6.07, 6.45) is 0.407. The SMILES string of the molecule is N#Cc1ccc(-c2cc3cc(Cl)cc(Cc4ccc(C(N)=O)o4)c3o2)cc1. The van der Waals surface area contributed by atoms with Crippen LogP contribution >= 0.6 is 11.6 Å². The van der Waals surface area contributed by atoms with Gasteiger partial charge in [0.1, 0.15) is 17.1 Å². The van der Waals surface area contributed by atoms with Crippen LogP contribution in [0.25, 0.3) is 22.3 Å². The average molecular weight is 377 g/mol. The summed E-state index contributed by atoms with van der Waals surface area (Å²) in [6, 6.07) is 18.0. The zero-order valence-corrected chi connectivity index (χ0v) is 14.8. The molecule has 0 saturated carbocycles. The molecular weight excluding hydrogens is 364 g/mol. The molecule has 5 nitrogen and oxygen atoms in total. The van der Waals surface area contributed by atoms with E-state index in [1.807, 2.05) is 30.3 Å². The van der Waals surface area contributed by atoms with Crippen LogP contribution in [0.5, 0.6) is 0 Å². The second-order valence-corrected chi connectivity index (χ2v) is 6.53. The van der Waals surface area contributed by atoms with Crippen molar-refractivity contribution in [2.45, 2.75) is 6.42 Å². The third-order valence-corrected chi connectivity index (χ3v) is 4.44. The Morgan fingerprint density at radius 3 is 2.52 bits per heavy atom. The van der Waals surface area contributed by atoms with Crippen LogP contribution in [0, 0.1) is 11.3 Å². The lowest BCUT2D eigenvalue weighted by Crippen LogP contribution is -2.09. The number of amides is 1. The van der Waals surface area contributed by atoms with Crippen molar-refractivity contribution in [1.29, 1.82) is 5.26 Å². The minimum Gasteiger partial charge on any atom is -0.456 e. The van der Waals surface area contributed by atoms with E-state index in [0.717, 1.165) is 16.5 Å². The molecule has 0 bridgehead atoms. The lowest BCUT2D eigenvalue weighted by molar-refractivity contribution is 0.0972. The highest BCUT2D eigenvalue weighted by molar-refractivity contribution is 6.31. The predicted molar refractivity (Wildman–Crippen MR) is 101 cm³/mol. The Balaban J connectivity index is 1.75. The standard InChI is InChI=1S/C21H13ClN2O3/c22-16-7-14(9-17-5-6-18(26-17)21(24)25)20-15(8-16)10-19(27-20)13-3-1-12(11-23)2-4-13/h1-8,10H,9H2,(H2,24,25). The lowest BCUT2D eigenvalue weighted by atomic mass is 10.1. The monoisotopic (exact) mass is 376 g/mol. The van der Waals surface area contributed by atoms with Gasteiger partial charge in [0.05, 0.1) is 11.6 Å². The predicted octanol–water partition coefficient (Wildman–Crippen LogP) is 4.91. The topological polar surface area (TPSA) is 93.2 Å². The summed E-state index contributed by atoms with van der Waals surface area (Å²) in [5.74, 6) is 0.763. The number of nitrogens with two attached hydrogens (primary N) is 1. The van der Waals surface area contributed by atoms with Crippen molar-refractivity contribution in [2.75, 3.05) is 0 Å². The van der Waals surface area contributed by atoms with Crippen LogP contribution in [0.3, 0.4) is 0 Å². The van der Waals surface area contributed by atoms with Crippen molar-refractivity contribution < 1.29 is 13.6 Å². The summed E-state index contributed by atoms with van der Waals surface area (Å²) in [5, 5.41) is 10.4. The summed E-state index contributed by atoms with van der Waals surface area (Å²) >= 11 is 6.26. The fourth-order valence-corrected chi connectivity index (χ4v) is 3.21. The van der Waals surface area contributed by atoms with Crippen LogP contribution in [0.4, 0.5) is 0 Å². The second-order valence-electron chi connectivity index (χ2n) is 6.09. The number of carbonyl (C=O) groups excluding carboxylic acids is 1. The molecule has 0 aliphatic heterocycles. The summed E-state index contributed by atoms with van der Waals surface area (Å²) in [7, 11) is 0. The molecule has 0 atom stereocenters. The van der Waals surface area contributed by atoms with Crippen LogP contribution in [-0.2, 0) is 6.42 Å². The zero-order valence-electron chi connectivity index (χ0n) is 14.0. The molecule has 2 N–H and O–H groups in total. The summed E-state index contributed by atoms with van der Waals surface area (Å²) < 4.78 is 11.5. The Hall–Kier alpha value is -3.49. The number of fused-ring (bicyclic) bond motifs is 1. The molecule has 2 heterocycles. The molecule has 4 aromatic rings. The first-order chi connectivity index (χ1) is 13.0. The van der Waals surface area contributed by atoms with E-state index in [2.05, 4.69) is 6.07 Å². The number of rotatable bonds is 4. The maximum absolute atomic E-state index is 11.2. The van der Waals surface area contributed by atoms with E-state index in [9.17, 15) is 4.79 Å². The van der Waals surface area contributed by atoms with Crippen molar-refractivity contribution in [3.8, 4) is 17.4 Å². The molecule has 2 aromatic heterocycles. The first-order valence-corrected chi connectivity index (χ1v) is 8.52. The molecule has 0 fully saturated rings. The molecule has 0 unspecified atom stereocenters. The van der Waals surface area contributed by atoms with Crippen LogP contribution in [-0.4, -0.2) is 5.91 Å². The van der Waals surface area contributed by atoms with E-state index in [0.29, 0.717) is 34.1 Å². The molecule has 0 aliphatic carbocycles. The number of nitriles is 1. The molecule has 1 amide bonds. The van der Waals surface area contributed by atoms with Gasteiger partial charge in [-0.3, -0.25) is 4.79 Å². The van der Waals surface area contributed by atoms with Crippen molar-refractivity contribution in [3.05, 3.63) is 82.3 Å². The molecule has 6 heteroatoms. The smallest absolute Gasteiger partial charge is 0.284 e. The van der Waals surface area contributed by atoms with E-state index < -0.39 is 5.91 Å². The summed E-state index contributed by atoms with van der Waals surface area (Å²) in [5.41, 5.74) is 8.20. The zero-order chi connectivity index (χ0) is 19.0. The maximum atomic E-state index is 11.2. The van der Waals surface area contributed by atoms with Crippen molar-refractivity contribution in [3.63, 3.8) is 0 Å². The van der Waals surface area contributed by atoms with E-state index in [1.165, 1.54) is 0 Å². The van der Waals surface area contributed by atoms with E-state index in [4.69, 9.17) is 31.4 Å². The van der Waals surface area contributed by atoms with Gasteiger partial charge in [0.2, 0.25) is 0 Å². The Labute approximate surface area is 159 Å². The summed E-state index contributed by atoms with van der Waals surface area (Å²) in [4.78, 5) is 11.2. The van der Waals surface area contributed by atoms with Gasteiger partial charge < -0.3 is 14.6 Å². The second kappa shape index (κ2) is 6.67. The quantitative estimate of drug-likeness (QED) is 0.547. The molecule has 0 spiro atoms. The van der Waals surface area contributed by atoms with E-state index in [1.54, 1.807) is 24.3 Å². The van der Waals surface area contributed by atoms with Gasteiger partial charge in [-0.2, -0.15) is 5.26 Å².